The molecule has 0 N–H and O–H groups in total. The van der Waals surface area contributed by atoms with Crippen molar-refractivity contribution in [2.24, 2.45) is 10.2 Å². The minimum atomic E-state index is -0.327. The van der Waals surface area contributed by atoms with E-state index in [4.69, 9.17) is 0 Å². The number of aromatic nitrogens is 2. The third-order valence-corrected chi connectivity index (χ3v) is 3.06. The number of imidazole rings is 1. The van der Waals surface area contributed by atoms with Crippen LogP contribution in [0.2, 0.25) is 0 Å². The summed E-state index contributed by atoms with van der Waals surface area (Å²) in [7, 11) is 0. The van der Waals surface area contributed by atoms with Crippen LogP contribution in [-0.4, -0.2) is 9.38 Å². The number of benzene rings is 1. The Morgan fingerprint density at radius 2 is 1.95 bits per heavy atom. The molecule has 3 rings (SSSR count). The minimum absolute atomic E-state index is 0.327. The van der Waals surface area contributed by atoms with Gasteiger partial charge in [0.2, 0.25) is 0 Å². The van der Waals surface area contributed by atoms with Gasteiger partial charge < -0.3 is 0 Å². The van der Waals surface area contributed by atoms with Crippen LogP contribution in [0.1, 0.15) is 11.3 Å². The number of nitrogens with zero attached hydrogens (tertiary/aromatic N) is 4. The normalized spacial score (nSPS) is 11.6. The summed E-state index contributed by atoms with van der Waals surface area (Å²) in [6.07, 6.45) is 1.89. The van der Waals surface area contributed by atoms with Crippen LogP contribution in [0.25, 0.3) is 5.65 Å². The van der Waals surface area contributed by atoms with Crippen LogP contribution in [0.15, 0.2) is 52.8 Å². The summed E-state index contributed by atoms with van der Waals surface area (Å²) < 4.78 is 15.0. The molecule has 0 spiro atoms. The zero-order valence-electron chi connectivity index (χ0n) is 11.2. The van der Waals surface area contributed by atoms with Gasteiger partial charge in [-0.3, -0.25) is 4.40 Å². The van der Waals surface area contributed by atoms with Gasteiger partial charge in [0.1, 0.15) is 11.5 Å². The third kappa shape index (κ3) is 2.18. The van der Waals surface area contributed by atoms with Gasteiger partial charge in [-0.2, -0.15) is 0 Å². The van der Waals surface area contributed by atoms with Crippen LogP contribution in [0, 0.1) is 19.7 Å². The molecule has 0 aliphatic heterocycles. The number of azo groups is 1. The van der Waals surface area contributed by atoms with Gasteiger partial charge in [0.25, 0.3) is 0 Å². The van der Waals surface area contributed by atoms with E-state index in [0.29, 0.717) is 11.5 Å². The summed E-state index contributed by atoms with van der Waals surface area (Å²) in [6, 6.07) is 9.96. The van der Waals surface area contributed by atoms with Gasteiger partial charge in [0.15, 0.2) is 5.82 Å². The first kappa shape index (κ1) is 12.5. The first-order chi connectivity index (χ1) is 9.65. The molecule has 0 bridgehead atoms. The summed E-state index contributed by atoms with van der Waals surface area (Å²) in [5, 5.41) is 8.28. The van der Waals surface area contributed by atoms with Crippen molar-refractivity contribution in [2.45, 2.75) is 13.8 Å². The molecule has 1 aromatic carbocycles. The van der Waals surface area contributed by atoms with E-state index < -0.39 is 0 Å². The van der Waals surface area contributed by atoms with Gasteiger partial charge in [-0.25, -0.2) is 9.37 Å². The van der Waals surface area contributed by atoms with Crippen LogP contribution in [0.5, 0.6) is 0 Å². The van der Waals surface area contributed by atoms with Crippen LogP contribution in [0.4, 0.5) is 15.9 Å². The number of fused-ring (bicyclic) bond motifs is 1. The van der Waals surface area contributed by atoms with E-state index in [1.165, 1.54) is 12.1 Å². The smallest absolute Gasteiger partial charge is 0.182 e. The summed E-state index contributed by atoms with van der Waals surface area (Å²) in [4.78, 5) is 4.48. The number of pyridine rings is 1. The molecule has 100 valence electrons. The first-order valence-corrected chi connectivity index (χ1v) is 6.27. The lowest BCUT2D eigenvalue weighted by atomic mass is 10.3. The van der Waals surface area contributed by atoms with E-state index in [1.54, 1.807) is 12.1 Å². The molecule has 0 fully saturated rings. The van der Waals surface area contributed by atoms with E-state index in [0.717, 1.165) is 16.9 Å². The summed E-state index contributed by atoms with van der Waals surface area (Å²) >= 11 is 0. The highest BCUT2D eigenvalue weighted by Gasteiger charge is 2.09. The molecule has 0 aliphatic rings. The Balaban J connectivity index is 2.07. The number of hydrogen-bond acceptors (Lipinski definition) is 3. The number of aryl methyl sites for hydroxylation is 2. The third-order valence-electron chi connectivity index (χ3n) is 3.06. The molecule has 4 nitrogen and oxygen atoms in total. The molecular formula is C15H13FN4. The molecule has 0 unspecified atom stereocenters. The molecule has 2 aromatic heterocycles. The van der Waals surface area contributed by atoms with Gasteiger partial charge in [0.05, 0.1) is 11.4 Å². The zero-order valence-corrected chi connectivity index (χ0v) is 11.2. The molecule has 0 aliphatic carbocycles. The van der Waals surface area contributed by atoms with Gasteiger partial charge >= 0.3 is 0 Å². The standard InChI is InChI=1S/C15H13FN4/c1-10-5-4-8-20-14(10)17-11(2)15(20)19-18-13-7-3-6-12(16)9-13/h3-9H,1-2H3. The lowest BCUT2D eigenvalue weighted by molar-refractivity contribution is 0.628. The first-order valence-electron chi connectivity index (χ1n) is 6.27. The van der Waals surface area contributed by atoms with Gasteiger partial charge in [-0.05, 0) is 37.6 Å². The monoisotopic (exact) mass is 268 g/mol. The topological polar surface area (TPSA) is 42.0 Å². The van der Waals surface area contributed by atoms with Crippen molar-refractivity contribution >= 4 is 17.2 Å². The Morgan fingerprint density at radius 3 is 2.75 bits per heavy atom. The molecule has 3 aromatic rings. The molecule has 5 heteroatoms. The molecule has 0 amide bonds. The largest absolute Gasteiger partial charge is 0.283 e. The van der Waals surface area contributed by atoms with E-state index >= 15 is 0 Å². The molecule has 0 saturated carbocycles. The van der Waals surface area contributed by atoms with E-state index in [9.17, 15) is 4.39 Å². The predicted molar refractivity (Wildman–Crippen MR) is 75.2 cm³/mol. The second-order valence-corrected chi connectivity index (χ2v) is 4.59. The highest BCUT2D eigenvalue weighted by Crippen LogP contribution is 2.24. The van der Waals surface area contributed by atoms with Gasteiger partial charge in [0, 0.05) is 12.3 Å². The predicted octanol–water partition coefficient (Wildman–Crippen LogP) is 4.51. The summed E-state index contributed by atoms with van der Waals surface area (Å²) in [5.74, 6) is 0.333. The van der Waals surface area contributed by atoms with E-state index in [1.807, 2.05) is 36.6 Å². The number of rotatable bonds is 2. The van der Waals surface area contributed by atoms with Crippen molar-refractivity contribution in [3.05, 3.63) is 59.7 Å². The Bertz CT molecular complexity index is 805. The quantitative estimate of drug-likeness (QED) is 0.631. The second-order valence-electron chi connectivity index (χ2n) is 4.59. The number of hydrogen-bond donors (Lipinski definition) is 0. The highest BCUT2D eigenvalue weighted by molar-refractivity contribution is 5.56. The fourth-order valence-corrected chi connectivity index (χ4v) is 2.07. The SMILES string of the molecule is Cc1nc2c(C)cccn2c1N=Nc1cccc(F)c1. The fraction of sp³-hybridized carbons (Fsp3) is 0.133. The Hall–Kier alpha value is -2.56. The lowest BCUT2D eigenvalue weighted by Gasteiger charge is -1.98. The maximum atomic E-state index is 13.1. The molecule has 2 heterocycles. The van der Waals surface area contributed by atoms with Crippen LogP contribution in [-0.2, 0) is 0 Å². The van der Waals surface area contributed by atoms with Gasteiger partial charge in [-0.15, -0.1) is 10.2 Å². The molecule has 20 heavy (non-hydrogen) atoms. The maximum absolute atomic E-state index is 13.1. The van der Waals surface area contributed by atoms with Crippen molar-refractivity contribution < 1.29 is 4.39 Å². The summed E-state index contributed by atoms with van der Waals surface area (Å²) in [5.41, 5.74) is 3.20. The zero-order chi connectivity index (χ0) is 14.1. The highest BCUT2D eigenvalue weighted by atomic mass is 19.1. The minimum Gasteiger partial charge on any atom is -0.283 e. The molecule has 0 saturated heterocycles. The van der Waals surface area contributed by atoms with Crippen molar-refractivity contribution in [1.29, 1.82) is 0 Å². The molecule has 0 radical (unpaired) electrons. The van der Waals surface area contributed by atoms with E-state index in [-0.39, 0.29) is 5.82 Å². The van der Waals surface area contributed by atoms with E-state index in [2.05, 4.69) is 15.2 Å². The Kier molecular flexibility index (Phi) is 3.02. The lowest BCUT2D eigenvalue weighted by Crippen LogP contribution is -1.85. The molecular weight excluding hydrogens is 255 g/mol. The Morgan fingerprint density at radius 1 is 1.10 bits per heavy atom. The van der Waals surface area contributed by atoms with Crippen molar-refractivity contribution in [3.63, 3.8) is 0 Å². The average molecular weight is 268 g/mol. The number of halogens is 1. The maximum Gasteiger partial charge on any atom is 0.182 e. The van der Waals surface area contributed by atoms with Crippen LogP contribution in [0.3, 0.4) is 0 Å². The average Bonchev–Trinajstić information content (AvgIpc) is 2.74. The second kappa shape index (κ2) is 4.85. The Labute approximate surface area is 115 Å². The van der Waals surface area contributed by atoms with Crippen LogP contribution < -0.4 is 0 Å². The van der Waals surface area contributed by atoms with Crippen LogP contribution >= 0.6 is 0 Å². The van der Waals surface area contributed by atoms with Crippen molar-refractivity contribution in [2.75, 3.05) is 0 Å². The van der Waals surface area contributed by atoms with Crippen molar-refractivity contribution in [3.8, 4) is 0 Å². The fourth-order valence-electron chi connectivity index (χ4n) is 2.07. The van der Waals surface area contributed by atoms with Crippen molar-refractivity contribution in [1.82, 2.24) is 9.38 Å². The van der Waals surface area contributed by atoms with Gasteiger partial charge in [-0.1, -0.05) is 12.1 Å². The summed E-state index contributed by atoms with van der Waals surface area (Å²) in [6.45, 7) is 3.88. The molecule has 0 atom stereocenters.